The molecule has 1 aromatic rings. The molecule has 0 radical (unpaired) electrons. The van der Waals surface area contributed by atoms with Crippen molar-refractivity contribution in [2.24, 2.45) is 0 Å². The third-order valence-electron chi connectivity index (χ3n) is 1.87. The zero-order valence-corrected chi connectivity index (χ0v) is 9.76. The molecule has 1 aromatic carbocycles. The summed E-state index contributed by atoms with van der Waals surface area (Å²) in [5, 5.41) is 0. The van der Waals surface area contributed by atoms with Crippen molar-refractivity contribution in [3.8, 4) is 0 Å². The Morgan fingerprint density at radius 1 is 1.21 bits per heavy atom. The molecule has 0 N–H and O–H groups in total. The van der Waals surface area contributed by atoms with Gasteiger partial charge in [0.1, 0.15) is 5.82 Å². The summed E-state index contributed by atoms with van der Waals surface area (Å²) >= 11 is 0. The summed E-state index contributed by atoms with van der Waals surface area (Å²) < 4.78 is 13.0. The monoisotopic (exact) mass is 197 g/mol. The molecule has 1 nitrogen and oxygen atoms in total. The fraction of sp³-hybridized carbons (Fsp3) is 0.500. The van der Waals surface area contributed by atoms with Crippen LogP contribution in [0.15, 0.2) is 18.2 Å². The summed E-state index contributed by atoms with van der Waals surface area (Å²) in [5.41, 5.74) is 1.81. The summed E-state index contributed by atoms with van der Waals surface area (Å²) in [7, 11) is 3.95. The summed E-state index contributed by atoms with van der Waals surface area (Å²) in [6.45, 7) is 6.61. The van der Waals surface area contributed by atoms with Crippen molar-refractivity contribution in [1.82, 2.24) is 4.90 Å². The molecule has 0 fully saturated rings. The van der Waals surface area contributed by atoms with Crippen molar-refractivity contribution in [3.63, 3.8) is 0 Å². The standard InChI is InChI=1S/C10H14FN.C2H6/c1-8-9(7-12(2)3)5-4-6-10(8)11;1-2/h4-6H,7H2,1-3H3;1-2H3. The number of hydrogen-bond acceptors (Lipinski definition) is 1. The highest BCUT2D eigenvalue weighted by Crippen LogP contribution is 2.12. The van der Waals surface area contributed by atoms with Crippen molar-refractivity contribution in [2.75, 3.05) is 14.1 Å². The van der Waals surface area contributed by atoms with Crippen molar-refractivity contribution < 1.29 is 4.39 Å². The molecule has 14 heavy (non-hydrogen) atoms. The Labute approximate surface area is 86.6 Å². The first-order valence-corrected chi connectivity index (χ1v) is 5.00. The molecule has 0 saturated heterocycles. The topological polar surface area (TPSA) is 3.24 Å². The highest BCUT2D eigenvalue weighted by atomic mass is 19.1. The molecule has 0 heterocycles. The lowest BCUT2D eigenvalue weighted by Gasteiger charge is -2.11. The van der Waals surface area contributed by atoms with E-state index < -0.39 is 0 Å². The van der Waals surface area contributed by atoms with Crippen molar-refractivity contribution >= 4 is 0 Å². The van der Waals surface area contributed by atoms with E-state index in [9.17, 15) is 4.39 Å². The minimum atomic E-state index is -0.116. The van der Waals surface area contributed by atoms with Gasteiger partial charge in [0.15, 0.2) is 0 Å². The fourth-order valence-corrected chi connectivity index (χ4v) is 1.16. The average Bonchev–Trinajstić information content (AvgIpc) is 2.16. The minimum absolute atomic E-state index is 0.116. The maximum Gasteiger partial charge on any atom is 0.126 e. The number of benzene rings is 1. The van der Waals surface area contributed by atoms with Crippen LogP contribution in [0.3, 0.4) is 0 Å². The zero-order valence-electron chi connectivity index (χ0n) is 9.76. The first-order chi connectivity index (χ1) is 6.61. The molecule has 0 aliphatic heterocycles. The maximum atomic E-state index is 13.0. The van der Waals surface area contributed by atoms with Gasteiger partial charge in [0.2, 0.25) is 0 Å². The average molecular weight is 197 g/mol. The first-order valence-electron chi connectivity index (χ1n) is 5.00. The Hall–Kier alpha value is -0.890. The predicted octanol–water partition coefficient (Wildman–Crippen LogP) is 3.22. The van der Waals surface area contributed by atoms with Crippen molar-refractivity contribution in [3.05, 3.63) is 35.1 Å². The van der Waals surface area contributed by atoms with Crippen LogP contribution in [0.1, 0.15) is 25.0 Å². The summed E-state index contributed by atoms with van der Waals surface area (Å²) in [4.78, 5) is 2.03. The van der Waals surface area contributed by atoms with Crippen LogP contribution >= 0.6 is 0 Å². The van der Waals surface area contributed by atoms with Gasteiger partial charge in [-0.2, -0.15) is 0 Å². The first kappa shape index (κ1) is 13.1. The van der Waals surface area contributed by atoms with E-state index in [1.165, 1.54) is 6.07 Å². The molecule has 0 aliphatic rings. The Bertz CT molecular complexity index is 269. The Morgan fingerprint density at radius 3 is 2.29 bits per heavy atom. The summed E-state index contributed by atoms with van der Waals surface area (Å²) in [6.07, 6.45) is 0. The fourth-order valence-electron chi connectivity index (χ4n) is 1.16. The largest absolute Gasteiger partial charge is 0.305 e. The second kappa shape index (κ2) is 6.55. The molecule has 0 unspecified atom stereocenters. The molecule has 0 atom stereocenters. The van der Waals surface area contributed by atoms with Gasteiger partial charge in [0.25, 0.3) is 0 Å². The Morgan fingerprint density at radius 2 is 1.79 bits per heavy atom. The molecule has 0 saturated carbocycles. The SMILES string of the molecule is CC.Cc1c(F)cccc1CN(C)C. The molecule has 80 valence electrons. The molecule has 0 bridgehead atoms. The van der Waals surface area contributed by atoms with Gasteiger partial charge < -0.3 is 4.90 Å². The van der Waals surface area contributed by atoms with Crippen LogP contribution < -0.4 is 0 Å². The number of hydrogen-bond donors (Lipinski definition) is 0. The van der Waals surface area contributed by atoms with Crippen LogP contribution in [0, 0.1) is 12.7 Å². The van der Waals surface area contributed by atoms with Crippen LogP contribution in [0.5, 0.6) is 0 Å². The van der Waals surface area contributed by atoms with Gasteiger partial charge in [0.05, 0.1) is 0 Å². The zero-order chi connectivity index (χ0) is 11.1. The molecule has 0 amide bonds. The van der Waals surface area contributed by atoms with Crippen molar-refractivity contribution in [2.45, 2.75) is 27.3 Å². The van der Waals surface area contributed by atoms with Gasteiger partial charge >= 0.3 is 0 Å². The third kappa shape index (κ3) is 3.88. The highest BCUT2D eigenvalue weighted by molar-refractivity contribution is 5.26. The second-order valence-corrected chi connectivity index (χ2v) is 3.26. The lowest BCUT2D eigenvalue weighted by molar-refractivity contribution is 0.400. The highest BCUT2D eigenvalue weighted by Gasteiger charge is 2.03. The van der Waals surface area contributed by atoms with E-state index in [0.717, 1.165) is 17.7 Å². The normalized spacial score (nSPS) is 9.64. The molecular weight excluding hydrogens is 177 g/mol. The van der Waals surface area contributed by atoms with Crippen LogP contribution in [-0.4, -0.2) is 19.0 Å². The van der Waals surface area contributed by atoms with E-state index in [1.54, 1.807) is 6.07 Å². The van der Waals surface area contributed by atoms with Gasteiger partial charge in [-0.25, -0.2) is 4.39 Å². The maximum absolute atomic E-state index is 13.0. The van der Waals surface area contributed by atoms with Crippen LogP contribution in [0.25, 0.3) is 0 Å². The quantitative estimate of drug-likeness (QED) is 0.703. The molecule has 0 aliphatic carbocycles. The lowest BCUT2D eigenvalue weighted by atomic mass is 10.1. The molecule has 0 aromatic heterocycles. The van der Waals surface area contributed by atoms with Crippen LogP contribution in [0.2, 0.25) is 0 Å². The summed E-state index contributed by atoms with van der Waals surface area (Å²) in [5.74, 6) is -0.116. The Kier molecular flexibility index (Phi) is 6.13. The minimum Gasteiger partial charge on any atom is -0.305 e. The predicted molar refractivity (Wildman–Crippen MR) is 59.9 cm³/mol. The van der Waals surface area contributed by atoms with Gasteiger partial charge in [-0.05, 0) is 38.2 Å². The van der Waals surface area contributed by atoms with Gasteiger partial charge in [0, 0.05) is 6.54 Å². The van der Waals surface area contributed by atoms with E-state index in [0.29, 0.717) is 0 Å². The van der Waals surface area contributed by atoms with Crippen molar-refractivity contribution in [1.29, 1.82) is 0 Å². The van der Waals surface area contributed by atoms with E-state index in [1.807, 2.05) is 45.8 Å². The lowest BCUT2D eigenvalue weighted by Crippen LogP contribution is -2.12. The number of halogens is 1. The Balaban J connectivity index is 0.000000791. The molecule has 0 spiro atoms. The smallest absolute Gasteiger partial charge is 0.126 e. The summed E-state index contributed by atoms with van der Waals surface area (Å²) in [6, 6.07) is 5.20. The van der Waals surface area contributed by atoms with Crippen LogP contribution in [0.4, 0.5) is 4.39 Å². The van der Waals surface area contributed by atoms with Crippen LogP contribution in [-0.2, 0) is 6.54 Å². The van der Waals surface area contributed by atoms with Gasteiger partial charge in [-0.3, -0.25) is 0 Å². The van der Waals surface area contributed by atoms with E-state index in [2.05, 4.69) is 0 Å². The van der Waals surface area contributed by atoms with Gasteiger partial charge in [-0.1, -0.05) is 26.0 Å². The van der Waals surface area contributed by atoms with E-state index >= 15 is 0 Å². The molecule has 2 heteroatoms. The third-order valence-corrected chi connectivity index (χ3v) is 1.87. The molecular formula is C12H20FN. The van der Waals surface area contributed by atoms with E-state index in [4.69, 9.17) is 0 Å². The van der Waals surface area contributed by atoms with Gasteiger partial charge in [-0.15, -0.1) is 0 Å². The number of nitrogens with zero attached hydrogens (tertiary/aromatic N) is 1. The number of rotatable bonds is 2. The second-order valence-electron chi connectivity index (χ2n) is 3.26. The molecule has 1 rings (SSSR count). The van der Waals surface area contributed by atoms with E-state index in [-0.39, 0.29) is 5.82 Å².